The third kappa shape index (κ3) is 6.75. The zero-order chi connectivity index (χ0) is 26.4. The highest BCUT2D eigenvalue weighted by Gasteiger charge is 2.41. The van der Waals surface area contributed by atoms with E-state index in [0.29, 0.717) is 48.1 Å². The Balaban J connectivity index is 1.32. The van der Waals surface area contributed by atoms with Gasteiger partial charge in [0.25, 0.3) is 0 Å². The molecule has 2 aromatic carbocycles. The van der Waals surface area contributed by atoms with Crippen molar-refractivity contribution < 1.29 is 19.0 Å². The Morgan fingerprint density at radius 1 is 1.24 bits per heavy atom. The van der Waals surface area contributed by atoms with Crippen LogP contribution in [0.4, 0.5) is 4.39 Å². The van der Waals surface area contributed by atoms with Crippen LogP contribution >= 0.6 is 23.4 Å². The van der Waals surface area contributed by atoms with Gasteiger partial charge in [-0.05, 0) is 94.7 Å². The van der Waals surface area contributed by atoms with Crippen molar-refractivity contribution >= 4 is 40.2 Å². The topological polar surface area (TPSA) is 62.7 Å². The summed E-state index contributed by atoms with van der Waals surface area (Å²) in [5, 5.41) is 11.0. The quantitative estimate of drug-likeness (QED) is 0.201. The summed E-state index contributed by atoms with van der Waals surface area (Å²) in [6.07, 6.45) is 2.53. The van der Waals surface area contributed by atoms with Crippen LogP contribution in [0.2, 0.25) is 5.02 Å². The number of aromatic nitrogens is 1. The molecular formula is C29H34ClFN2O3S. The van der Waals surface area contributed by atoms with Crippen LogP contribution in [-0.4, -0.2) is 53.5 Å². The molecule has 0 amide bonds. The number of rotatable bonds is 11. The second-order valence-corrected chi connectivity index (χ2v) is 11.4. The maximum Gasteiger partial charge on any atom is 0.309 e. The molecule has 4 rings (SSSR count). The Labute approximate surface area is 227 Å². The monoisotopic (exact) mass is 544 g/mol. The molecule has 1 fully saturated rings. The molecule has 1 aliphatic rings. The number of hydrogen-bond acceptors (Lipinski definition) is 5. The normalized spacial score (nSPS) is 16.5. The SMILES string of the molecule is COc1ccc2ncc(Cl)c([C@@H](F)CCC3(C(=O)O)CCN(CCCSc4ccc(C)cc4)CC3)c2c1. The maximum atomic E-state index is 15.6. The number of aliphatic carboxylic acids is 1. The number of carboxylic acids is 1. The number of piperidine rings is 1. The molecule has 1 saturated heterocycles. The number of carboxylic acid groups (broad SMARTS) is 1. The summed E-state index contributed by atoms with van der Waals surface area (Å²) in [5.41, 5.74) is 1.33. The number of nitrogens with zero attached hydrogens (tertiary/aromatic N) is 2. The van der Waals surface area contributed by atoms with Gasteiger partial charge in [0.15, 0.2) is 0 Å². The van der Waals surface area contributed by atoms with E-state index in [0.717, 1.165) is 18.7 Å². The minimum Gasteiger partial charge on any atom is -0.497 e. The van der Waals surface area contributed by atoms with E-state index in [9.17, 15) is 9.90 Å². The zero-order valence-corrected chi connectivity index (χ0v) is 23.0. The van der Waals surface area contributed by atoms with Gasteiger partial charge in [0.1, 0.15) is 11.9 Å². The number of thioether (sulfide) groups is 1. The van der Waals surface area contributed by atoms with Gasteiger partial charge in [0.05, 0.1) is 23.1 Å². The molecule has 5 nitrogen and oxygen atoms in total. The molecular weight excluding hydrogens is 511 g/mol. The zero-order valence-electron chi connectivity index (χ0n) is 21.4. The van der Waals surface area contributed by atoms with E-state index in [-0.39, 0.29) is 17.9 Å². The van der Waals surface area contributed by atoms with Gasteiger partial charge in [0, 0.05) is 22.0 Å². The van der Waals surface area contributed by atoms with E-state index < -0.39 is 17.6 Å². The lowest BCUT2D eigenvalue weighted by Crippen LogP contribution is -2.44. The van der Waals surface area contributed by atoms with Gasteiger partial charge in [-0.2, -0.15) is 0 Å². The Bertz CT molecular complexity index is 1220. The number of likely N-dealkylation sites (tertiary alicyclic amines) is 1. The van der Waals surface area contributed by atoms with Gasteiger partial charge in [-0.25, -0.2) is 4.39 Å². The van der Waals surface area contributed by atoms with Crippen LogP contribution < -0.4 is 4.74 Å². The highest BCUT2D eigenvalue weighted by atomic mass is 35.5. The highest BCUT2D eigenvalue weighted by molar-refractivity contribution is 7.99. The van der Waals surface area contributed by atoms with Gasteiger partial charge < -0.3 is 14.7 Å². The van der Waals surface area contributed by atoms with Crippen molar-refractivity contribution in [3.05, 3.63) is 64.8 Å². The van der Waals surface area contributed by atoms with E-state index in [1.54, 1.807) is 25.3 Å². The number of benzene rings is 2. The van der Waals surface area contributed by atoms with Gasteiger partial charge in [0.2, 0.25) is 0 Å². The molecule has 37 heavy (non-hydrogen) atoms. The standard InChI is InChI=1S/C29H34ClFN2O3S/c1-20-4-7-22(8-5-20)37-17-3-14-33-15-12-29(13-16-33,28(34)35)11-10-25(31)27-23-18-21(36-2)6-9-26(23)32-19-24(27)30/h4-9,18-19,25H,3,10-17H2,1-2H3,(H,34,35)/t25-/m0/s1. The molecule has 0 saturated carbocycles. The van der Waals surface area contributed by atoms with Gasteiger partial charge >= 0.3 is 5.97 Å². The summed E-state index contributed by atoms with van der Waals surface area (Å²) < 4.78 is 20.9. The molecule has 2 heterocycles. The van der Waals surface area contributed by atoms with Gasteiger partial charge in [-0.3, -0.25) is 9.78 Å². The van der Waals surface area contributed by atoms with Crippen molar-refractivity contribution in [1.29, 1.82) is 0 Å². The van der Waals surface area contributed by atoms with Crippen LogP contribution in [0.1, 0.15) is 49.4 Å². The average molecular weight is 545 g/mol. The van der Waals surface area contributed by atoms with Gasteiger partial charge in [-0.15, -0.1) is 11.8 Å². The third-order valence-corrected chi connectivity index (χ3v) is 8.83. The fourth-order valence-corrected chi connectivity index (χ4v) is 6.16. The lowest BCUT2D eigenvalue weighted by atomic mass is 9.74. The third-order valence-electron chi connectivity index (χ3n) is 7.43. The number of fused-ring (bicyclic) bond motifs is 1. The van der Waals surface area contributed by atoms with Crippen LogP contribution in [0.3, 0.4) is 0 Å². The van der Waals surface area contributed by atoms with Crippen molar-refractivity contribution in [2.24, 2.45) is 5.41 Å². The predicted octanol–water partition coefficient (Wildman–Crippen LogP) is 7.35. The Kier molecular flexibility index (Phi) is 9.32. The molecule has 1 atom stereocenters. The minimum absolute atomic E-state index is 0.0928. The molecule has 3 aromatic rings. The minimum atomic E-state index is -1.39. The van der Waals surface area contributed by atoms with Crippen molar-refractivity contribution in [2.75, 3.05) is 32.5 Å². The van der Waals surface area contributed by atoms with Crippen molar-refractivity contribution in [3.63, 3.8) is 0 Å². The number of pyridine rings is 1. The van der Waals surface area contributed by atoms with Crippen molar-refractivity contribution in [1.82, 2.24) is 9.88 Å². The number of methoxy groups -OCH3 is 1. The molecule has 0 aliphatic carbocycles. The molecule has 1 aromatic heterocycles. The second kappa shape index (κ2) is 12.5. The fourth-order valence-electron chi connectivity index (χ4n) is 5.05. The first-order valence-electron chi connectivity index (χ1n) is 12.7. The number of alkyl halides is 1. The summed E-state index contributed by atoms with van der Waals surface area (Å²) in [4.78, 5) is 20.2. The summed E-state index contributed by atoms with van der Waals surface area (Å²) in [6.45, 7) is 4.47. The number of aryl methyl sites for hydroxylation is 1. The molecule has 0 spiro atoms. The lowest BCUT2D eigenvalue weighted by molar-refractivity contribution is -0.153. The Hall–Kier alpha value is -2.35. The van der Waals surface area contributed by atoms with E-state index in [1.165, 1.54) is 16.7 Å². The number of carbonyl (C=O) groups is 1. The molecule has 1 N–H and O–H groups in total. The van der Waals surface area contributed by atoms with E-state index in [4.69, 9.17) is 16.3 Å². The Morgan fingerprint density at radius 3 is 2.65 bits per heavy atom. The lowest BCUT2D eigenvalue weighted by Gasteiger charge is -2.39. The molecule has 198 valence electrons. The Morgan fingerprint density at radius 2 is 1.97 bits per heavy atom. The van der Waals surface area contributed by atoms with Crippen LogP contribution in [0.15, 0.2) is 53.6 Å². The van der Waals surface area contributed by atoms with Crippen LogP contribution in [0, 0.1) is 12.3 Å². The number of halogens is 2. The summed E-state index contributed by atoms with van der Waals surface area (Å²) in [5.74, 6) is 0.789. The molecule has 0 bridgehead atoms. The van der Waals surface area contributed by atoms with Crippen LogP contribution in [-0.2, 0) is 4.79 Å². The second-order valence-electron chi connectivity index (χ2n) is 9.85. The number of hydrogen-bond donors (Lipinski definition) is 1. The van der Waals surface area contributed by atoms with E-state index in [2.05, 4.69) is 41.1 Å². The molecule has 1 aliphatic heterocycles. The first kappa shape index (κ1) is 27.7. The highest BCUT2D eigenvalue weighted by Crippen LogP contribution is 2.42. The van der Waals surface area contributed by atoms with Crippen molar-refractivity contribution in [2.45, 2.75) is 50.1 Å². The predicted molar refractivity (Wildman–Crippen MR) is 149 cm³/mol. The van der Waals surface area contributed by atoms with Crippen LogP contribution in [0.25, 0.3) is 10.9 Å². The molecule has 0 radical (unpaired) electrons. The van der Waals surface area contributed by atoms with Crippen molar-refractivity contribution in [3.8, 4) is 5.75 Å². The largest absolute Gasteiger partial charge is 0.497 e. The summed E-state index contributed by atoms with van der Waals surface area (Å²) in [7, 11) is 1.55. The smallest absolute Gasteiger partial charge is 0.309 e. The van der Waals surface area contributed by atoms with Crippen LogP contribution in [0.5, 0.6) is 5.75 Å². The average Bonchev–Trinajstić information content (AvgIpc) is 2.91. The molecule has 0 unspecified atom stereocenters. The van der Waals surface area contributed by atoms with E-state index in [1.807, 2.05) is 11.8 Å². The van der Waals surface area contributed by atoms with Gasteiger partial charge in [-0.1, -0.05) is 29.3 Å². The number of ether oxygens (including phenoxy) is 1. The summed E-state index contributed by atoms with van der Waals surface area (Å²) in [6, 6.07) is 13.8. The fraction of sp³-hybridized carbons (Fsp3) is 0.448. The maximum absolute atomic E-state index is 15.6. The molecule has 8 heteroatoms. The van der Waals surface area contributed by atoms with E-state index >= 15 is 4.39 Å². The summed E-state index contributed by atoms with van der Waals surface area (Å²) >= 11 is 8.22. The first-order chi connectivity index (χ1) is 17.8. The first-order valence-corrected chi connectivity index (χ1v) is 14.1.